The van der Waals surface area contributed by atoms with E-state index in [1.165, 1.54) is 43.5 Å². The van der Waals surface area contributed by atoms with E-state index in [0.29, 0.717) is 0 Å². The normalized spacial score (nSPS) is 9.84. The number of carbonyl (C=O) groups is 2. The molecule has 0 unspecified atom stereocenters. The molecule has 0 amide bonds. The highest BCUT2D eigenvalue weighted by Gasteiger charge is 2.19. The van der Waals surface area contributed by atoms with Crippen molar-refractivity contribution in [2.24, 2.45) is 0 Å². The lowest BCUT2D eigenvalue weighted by atomic mass is 10.1. The Bertz CT molecular complexity index is 746. The fraction of sp³-hybridized carbons (Fsp3) is 0.125. The number of methoxy groups -OCH3 is 1. The van der Waals surface area contributed by atoms with E-state index >= 15 is 0 Å². The zero-order valence-electron chi connectivity index (χ0n) is 12.7. The number of carboxylic acids is 1. The molecule has 25 heavy (non-hydrogen) atoms. The highest BCUT2D eigenvalue weighted by atomic mass is 19.4. The molecular formula is C16H12F4O5. The van der Waals surface area contributed by atoms with E-state index in [1.54, 1.807) is 0 Å². The third-order valence-electron chi connectivity index (χ3n) is 2.72. The van der Waals surface area contributed by atoms with E-state index in [-0.39, 0.29) is 22.6 Å². The second-order valence-corrected chi connectivity index (χ2v) is 4.28. The van der Waals surface area contributed by atoms with Crippen molar-refractivity contribution in [1.82, 2.24) is 0 Å². The molecule has 0 aliphatic rings. The number of halogens is 4. The van der Waals surface area contributed by atoms with E-state index in [4.69, 9.17) is 14.6 Å². The predicted octanol–water partition coefficient (Wildman–Crippen LogP) is 3.93. The molecule has 5 nitrogen and oxygen atoms in total. The van der Waals surface area contributed by atoms with Crippen LogP contribution in [0.5, 0.6) is 11.5 Å². The van der Waals surface area contributed by atoms with Gasteiger partial charge < -0.3 is 14.6 Å². The highest BCUT2D eigenvalue weighted by Crippen LogP contribution is 2.23. The van der Waals surface area contributed by atoms with E-state index in [1.807, 2.05) is 0 Å². The van der Waals surface area contributed by atoms with Crippen molar-refractivity contribution in [3.8, 4) is 11.5 Å². The van der Waals surface area contributed by atoms with Crippen molar-refractivity contribution in [1.29, 1.82) is 0 Å². The number of carbonyl (C=O) groups excluding carboxylic acids is 1. The number of rotatable bonds is 4. The van der Waals surface area contributed by atoms with Gasteiger partial charge in [-0.15, -0.1) is 0 Å². The first-order valence-electron chi connectivity index (χ1n) is 6.56. The fourth-order valence-electron chi connectivity index (χ4n) is 1.69. The predicted molar refractivity (Wildman–Crippen MR) is 78.4 cm³/mol. The first kappa shape index (κ1) is 19.9. The molecule has 0 aliphatic carbocycles. The number of hydrogen-bond acceptors (Lipinski definition) is 4. The minimum absolute atomic E-state index is 0.153. The van der Waals surface area contributed by atoms with Crippen molar-refractivity contribution in [3.05, 3.63) is 59.4 Å². The highest BCUT2D eigenvalue weighted by molar-refractivity contribution is 6.03. The standard InChI is InChI=1S/C15H11FO5.CHF3/c1-20-9-6-7-13(12(16)8-9)21-15(19)11-5-3-2-4-10(11)14(17)18;2-1(3)4/h2-8H,1H3,(H,17,18);1H. The second-order valence-electron chi connectivity index (χ2n) is 4.28. The van der Waals surface area contributed by atoms with E-state index in [2.05, 4.69) is 0 Å². The van der Waals surface area contributed by atoms with Crippen LogP contribution in [0.4, 0.5) is 17.6 Å². The van der Waals surface area contributed by atoms with Crippen LogP contribution < -0.4 is 9.47 Å². The average molecular weight is 360 g/mol. The number of ether oxygens (including phenoxy) is 2. The quantitative estimate of drug-likeness (QED) is 0.508. The van der Waals surface area contributed by atoms with Gasteiger partial charge in [0.1, 0.15) is 5.75 Å². The molecule has 2 aromatic carbocycles. The summed E-state index contributed by atoms with van der Waals surface area (Å²) < 4.78 is 52.4. The third kappa shape index (κ3) is 6.13. The SMILES string of the molecule is COc1ccc(OC(=O)c2ccccc2C(=O)O)c(F)c1.FC(F)F. The van der Waals surface area contributed by atoms with Crippen LogP contribution in [0, 0.1) is 5.82 Å². The van der Waals surface area contributed by atoms with Crippen molar-refractivity contribution >= 4 is 11.9 Å². The summed E-state index contributed by atoms with van der Waals surface area (Å²) in [6, 6.07) is 9.26. The molecule has 0 fully saturated rings. The van der Waals surface area contributed by atoms with Crippen LogP contribution in [0.15, 0.2) is 42.5 Å². The summed E-state index contributed by atoms with van der Waals surface area (Å²) in [5.41, 5.74) is -0.364. The monoisotopic (exact) mass is 360 g/mol. The van der Waals surface area contributed by atoms with Gasteiger partial charge in [-0.05, 0) is 24.3 Å². The maximum absolute atomic E-state index is 13.7. The molecule has 0 heterocycles. The smallest absolute Gasteiger partial charge is 0.379 e. The minimum Gasteiger partial charge on any atom is -0.497 e. The summed E-state index contributed by atoms with van der Waals surface area (Å²) in [7, 11) is 1.38. The number of esters is 1. The summed E-state index contributed by atoms with van der Waals surface area (Å²) in [5, 5.41) is 9.01. The number of aromatic carboxylic acids is 1. The molecule has 0 aliphatic heterocycles. The molecule has 0 saturated carbocycles. The molecule has 0 bridgehead atoms. The van der Waals surface area contributed by atoms with Crippen LogP contribution in [0.3, 0.4) is 0 Å². The van der Waals surface area contributed by atoms with Crippen LogP contribution in [-0.4, -0.2) is 30.8 Å². The molecule has 0 spiro atoms. The molecule has 0 atom stereocenters. The lowest BCUT2D eigenvalue weighted by Crippen LogP contribution is -2.14. The first-order chi connectivity index (χ1) is 11.8. The first-order valence-corrected chi connectivity index (χ1v) is 6.56. The molecule has 0 aromatic heterocycles. The average Bonchev–Trinajstić information content (AvgIpc) is 2.56. The van der Waals surface area contributed by atoms with Crippen molar-refractivity contribution in [2.75, 3.05) is 7.11 Å². The Hall–Kier alpha value is -3.10. The van der Waals surface area contributed by atoms with Crippen LogP contribution in [0.2, 0.25) is 0 Å². The van der Waals surface area contributed by atoms with Gasteiger partial charge in [-0.25, -0.2) is 14.0 Å². The van der Waals surface area contributed by atoms with E-state index in [0.717, 1.165) is 6.07 Å². The summed E-state index contributed by atoms with van der Waals surface area (Å²) in [6.07, 6.45) is 0. The molecule has 2 rings (SSSR count). The Morgan fingerprint density at radius 3 is 2.08 bits per heavy atom. The molecule has 1 N–H and O–H groups in total. The fourth-order valence-corrected chi connectivity index (χ4v) is 1.69. The van der Waals surface area contributed by atoms with Gasteiger partial charge in [0, 0.05) is 6.07 Å². The van der Waals surface area contributed by atoms with Gasteiger partial charge in [0.25, 0.3) is 0 Å². The largest absolute Gasteiger partial charge is 0.497 e. The Balaban J connectivity index is 0.000000705. The topological polar surface area (TPSA) is 72.8 Å². The molecule has 134 valence electrons. The molecule has 9 heteroatoms. The lowest BCUT2D eigenvalue weighted by Gasteiger charge is -2.08. The third-order valence-corrected chi connectivity index (χ3v) is 2.72. The van der Waals surface area contributed by atoms with Gasteiger partial charge >= 0.3 is 18.6 Å². The molecule has 0 saturated heterocycles. The Morgan fingerprint density at radius 2 is 1.60 bits per heavy atom. The number of carboxylic acid groups (broad SMARTS) is 1. The second kappa shape index (κ2) is 9.26. The van der Waals surface area contributed by atoms with Crippen molar-refractivity contribution < 1.29 is 41.7 Å². The zero-order chi connectivity index (χ0) is 19.0. The summed E-state index contributed by atoms with van der Waals surface area (Å²) in [5.74, 6) is -3.02. The molecule has 2 aromatic rings. The summed E-state index contributed by atoms with van der Waals surface area (Å²) >= 11 is 0. The maximum Gasteiger partial charge on any atom is 0.379 e. The zero-order valence-corrected chi connectivity index (χ0v) is 12.7. The van der Waals surface area contributed by atoms with Gasteiger partial charge in [-0.1, -0.05) is 12.1 Å². The molecule has 0 radical (unpaired) electrons. The maximum atomic E-state index is 13.7. The number of alkyl halides is 3. The molecular weight excluding hydrogens is 348 g/mol. The van der Waals surface area contributed by atoms with Crippen LogP contribution in [0.25, 0.3) is 0 Å². The van der Waals surface area contributed by atoms with Gasteiger partial charge in [-0.2, -0.15) is 13.2 Å². The Morgan fingerprint density at radius 1 is 1.04 bits per heavy atom. The minimum atomic E-state index is -3.67. The summed E-state index contributed by atoms with van der Waals surface area (Å²) in [4.78, 5) is 23.0. The summed E-state index contributed by atoms with van der Waals surface area (Å²) in [6.45, 7) is -3.67. The lowest BCUT2D eigenvalue weighted by molar-refractivity contribution is 0.00817. The van der Waals surface area contributed by atoms with Gasteiger partial charge in [0.05, 0.1) is 18.2 Å². The Labute approximate surface area is 139 Å². The van der Waals surface area contributed by atoms with Crippen LogP contribution >= 0.6 is 0 Å². The van der Waals surface area contributed by atoms with E-state index in [9.17, 15) is 27.2 Å². The van der Waals surface area contributed by atoms with Gasteiger partial charge in [0.15, 0.2) is 11.6 Å². The van der Waals surface area contributed by atoms with Crippen LogP contribution in [-0.2, 0) is 0 Å². The van der Waals surface area contributed by atoms with Crippen LogP contribution in [0.1, 0.15) is 20.7 Å². The Kier molecular flexibility index (Phi) is 7.39. The number of benzene rings is 2. The van der Waals surface area contributed by atoms with E-state index < -0.39 is 24.4 Å². The van der Waals surface area contributed by atoms with Gasteiger partial charge in [0.2, 0.25) is 0 Å². The van der Waals surface area contributed by atoms with Crippen molar-refractivity contribution in [3.63, 3.8) is 0 Å². The van der Waals surface area contributed by atoms with Gasteiger partial charge in [-0.3, -0.25) is 0 Å². The van der Waals surface area contributed by atoms with Crippen molar-refractivity contribution in [2.45, 2.75) is 6.68 Å². The number of hydrogen-bond donors (Lipinski definition) is 1.